The summed E-state index contributed by atoms with van der Waals surface area (Å²) in [6.07, 6.45) is 4.97. The molecule has 1 aromatic heterocycles. The summed E-state index contributed by atoms with van der Waals surface area (Å²) in [5.74, 6) is 0.674. The maximum atomic E-state index is 11.1. The van der Waals surface area contributed by atoms with Gasteiger partial charge in [-0.15, -0.1) is 0 Å². The lowest BCUT2D eigenvalue weighted by Crippen LogP contribution is -2.07. The van der Waals surface area contributed by atoms with E-state index in [4.69, 9.17) is 9.47 Å². The summed E-state index contributed by atoms with van der Waals surface area (Å²) >= 11 is 0. The summed E-state index contributed by atoms with van der Waals surface area (Å²) in [7, 11) is 1.89. The molecule has 0 fully saturated rings. The molecule has 112 valence electrons. The maximum Gasteiger partial charge on any atom is 0.305 e. The Morgan fingerprint density at radius 3 is 2.80 bits per heavy atom. The smallest absolute Gasteiger partial charge is 0.305 e. The summed E-state index contributed by atoms with van der Waals surface area (Å²) < 4.78 is 10.5. The summed E-state index contributed by atoms with van der Waals surface area (Å²) in [6.45, 7) is 3.68. The molecule has 0 aliphatic heterocycles. The van der Waals surface area contributed by atoms with Crippen LogP contribution < -0.4 is 10.1 Å². The lowest BCUT2D eigenvalue weighted by molar-refractivity contribution is -0.143. The van der Waals surface area contributed by atoms with Gasteiger partial charge in [0.2, 0.25) is 0 Å². The zero-order valence-corrected chi connectivity index (χ0v) is 12.4. The summed E-state index contributed by atoms with van der Waals surface area (Å²) in [5, 5.41) is 3.05. The molecule has 0 radical (unpaired) electrons. The van der Waals surface area contributed by atoms with Crippen LogP contribution in [0.3, 0.4) is 0 Å². The number of esters is 1. The number of ether oxygens (including phenoxy) is 2. The predicted molar refractivity (Wildman–Crippen MR) is 77.6 cm³/mol. The Morgan fingerprint density at radius 2 is 2.15 bits per heavy atom. The number of carbonyl (C=O) groups excluding carboxylic acids is 1. The number of unbranched alkanes of at least 4 members (excludes halogenated alkanes) is 2. The summed E-state index contributed by atoms with van der Waals surface area (Å²) in [4.78, 5) is 15.4. The van der Waals surface area contributed by atoms with E-state index in [1.54, 1.807) is 6.20 Å². The molecule has 20 heavy (non-hydrogen) atoms. The van der Waals surface area contributed by atoms with Gasteiger partial charge < -0.3 is 14.8 Å². The van der Waals surface area contributed by atoms with Crippen molar-refractivity contribution >= 4 is 5.97 Å². The topological polar surface area (TPSA) is 60.5 Å². The van der Waals surface area contributed by atoms with Crippen LogP contribution in [0.1, 0.15) is 38.3 Å². The fourth-order valence-corrected chi connectivity index (χ4v) is 1.75. The van der Waals surface area contributed by atoms with Crippen molar-refractivity contribution in [2.75, 3.05) is 20.3 Å². The van der Waals surface area contributed by atoms with Gasteiger partial charge in [0.25, 0.3) is 0 Å². The van der Waals surface area contributed by atoms with E-state index >= 15 is 0 Å². The molecule has 0 amide bonds. The van der Waals surface area contributed by atoms with Crippen molar-refractivity contribution in [3.63, 3.8) is 0 Å². The molecule has 1 aromatic rings. The first kappa shape index (κ1) is 16.4. The molecule has 1 N–H and O–H groups in total. The molecular weight excluding hydrogens is 256 g/mol. The van der Waals surface area contributed by atoms with E-state index in [1.807, 2.05) is 26.1 Å². The average molecular weight is 280 g/mol. The molecule has 0 bridgehead atoms. The zero-order chi connectivity index (χ0) is 14.6. The third-order valence-electron chi connectivity index (χ3n) is 2.75. The third kappa shape index (κ3) is 7.09. The number of hydrogen-bond donors (Lipinski definition) is 1. The third-order valence-corrected chi connectivity index (χ3v) is 2.75. The number of nitrogens with zero attached hydrogens (tertiary/aromatic N) is 1. The highest BCUT2D eigenvalue weighted by Crippen LogP contribution is 2.10. The minimum Gasteiger partial charge on any atom is -0.492 e. The lowest BCUT2D eigenvalue weighted by Gasteiger charge is -2.06. The molecule has 5 nitrogen and oxygen atoms in total. The Balaban J connectivity index is 2.07. The predicted octanol–water partition coefficient (Wildman–Crippen LogP) is 2.30. The minimum absolute atomic E-state index is 0.113. The highest BCUT2D eigenvalue weighted by Gasteiger charge is 2.01. The van der Waals surface area contributed by atoms with Gasteiger partial charge in [0, 0.05) is 13.0 Å². The van der Waals surface area contributed by atoms with E-state index in [1.165, 1.54) is 0 Å². The molecule has 0 aliphatic carbocycles. The lowest BCUT2D eigenvalue weighted by atomic mass is 10.2. The second-order valence-corrected chi connectivity index (χ2v) is 4.48. The second-order valence-electron chi connectivity index (χ2n) is 4.48. The molecule has 0 atom stereocenters. The van der Waals surface area contributed by atoms with Crippen LogP contribution in [0.15, 0.2) is 18.3 Å². The van der Waals surface area contributed by atoms with Gasteiger partial charge in [-0.2, -0.15) is 0 Å². The largest absolute Gasteiger partial charge is 0.492 e. The first-order valence-electron chi connectivity index (χ1n) is 7.14. The first-order valence-corrected chi connectivity index (χ1v) is 7.14. The number of aromatic nitrogens is 1. The van der Waals surface area contributed by atoms with E-state index in [0.29, 0.717) is 19.6 Å². The van der Waals surface area contributed by atoms with Crippen LogP contribution in [0.2, 0.25) is 0 Å². The Labute approximate surface area is 120 Å². The van der Waals surface area contributed by atoms with E-state index in [0.717, 1.165) is 37.3 Å². The van der Waals surface area contributed by atoms with E-state index in [9.17, 15) is 4.79 Å². The van der Waals surface area contributed by atoms with Gasteiger partial charge in [0.05, 0.1) is 25.1 Å². The monoisotopic (exact) mass is 280 g/mol. The van der Waals surface area contributed by atoms with Gasteiger partial charge in [0.15, 0.2) is 0 Å². The van der Waals surface area contributed by atoms with Crippen molar-refractivity contribution in [3.8, 4) is 5.75 Å². The molecule has 0 spiro atoms. The van der Waals surface area contributed by atoms with Crippen molar-refractivity contribution in [1.29, 1.82) is 0 Å². The Kier molecular flexibility index (Phi) is 8.38. The first-order chi connectivity index (χ1) is 9.76. The van der Waals surface area contributed by atoms with Crippen molar-refractivity contribution in [3.05, 3.63) is 24.0 Å². The molecule has 0 unspecified atom stereocenters. The molecule has 1 heterocycles. The number of nitrogens with one attached hydrogen (secondary N) is 1. The van der Waals surface area contributed by atoms with Gasteiger partial charge in [-0.25, -0.2) is 0 Å². The molecule has 5 heteroatoms. The van der Waals surface area contributed by atoms with Crippen LogP contribution in [-0.2, 0) is 16.1 Å². The molecule has 0 aromatic carbocycles. The van der Waals surface area contributed by atoms with Gasteiger partial charge in [-0.05, 0) is 45.4 Å². The zero-order valence-electron chi connectivity index (χ0n) is 12.4. The van der Waals surface area contributed by atoms with Crippen LogP contribution in [0.5, 0.6) is 5.75 Å². The molecule has 0 aliphatic rings. The van der Waals surface area contributed by atoms with Crippen LogP contribution in [0.4, 0.5) is 0 Å². The Bertz CT molecular complexity index is 379. The standard InChI is InChI=1S/C15H24N2O3/c1-3-19-15(18)7-5-4-6-10-20-14-9-8-13(11-16-2)17-12-14/h8-9,12,16H,3-7,10-11H2,1-2H3. The van der Waals surface area contributed by atoms with E-state index in [-0.39, 0.29) is 5.97 Å². The van der Waals surface area contributed by atoms with Crippen LogP contribution in [0.25, 0.3) is 0 Å². The van der Waals surface area contributed by atoms with Gasteiger partial charge in [0.1, 0.15) is 5.75 Å². The van der Waals surface area contributed by atoms with E-state index in [2.05, 4.69) is 10.3 Å². The van der Waals surface area contributed by atoms with Crippen LogP contribution in [-0.4, -0.2) is 31.2 Å². The summed E-state index contributed by atoms with van der Waals surface area (Å²) in [5.41, 5.74) is 0.995. The van der Waals surface area contributed by atoms with Crippen molar-refractivity contribution in [1.82, 2.24) is 10.3 Å². The van der Waals surface area contributed by atoms with Gasteiger partial charge >= 0.3 is 5.97 Å². The number of pyridine rings is 1. The summed E-state index contributed by atoms with van der Waals surface area (Å²) in [6, 6.07) is 3.88. The highest BCUT2D eigenvalue weighted by molar-refractivity contribution is 5.69. The molecule has 1 rings (SSSR count). The highest BCUT2D eigenvalue weighted by atomic mass is 16.5. The van der Waals surface area contributed by atoms with Gasteiger partial charge in [-0.3, -0.25) is 9.78 Å². The van der Waals surface area contributed by atoms with Crippen LogP contribution >= 0.6 is 0 Å². The Morgan fingerprint density at radius 1 is 1.30 bits per heavy atom. The van der Waals surface area contributed by atoms with Crippen molar-refractivity contribution in [2.24, 2.45) is 0 Å². The molecule has 0 saturated heterocycles. The van der Waals surface area contributed by atoms with Crippen LogP contribution in [0, 0.1) is 0 Å². The quantitative estimate of drug-likeness (QED) is 0.526. The molecule has 0 saturated carbocycles. The number of carbonyl (C=O) groups is 1. The number of hydrogen-bond acceptors (Lipinski definition) is 5. The SMILES string of the molecule is CCOC(=O)CCCCCOc1ccc(CNC)nc1. The van der Waals surface area contributed by atoms with Crippen molar-refractivity contribution < 1.29 is 14.3 Å². The normalized spacial score (nSPS) is 10.3. The number of rotatable bonds is 10. The maximum absolute atomic E-state index is 11.1. The van der Waals surface area contributed by atoms with Crippen molar-refractivity contribution in [2.45, 2.75) is 39.2 Å². The molecular formula is C15H24N2O3. The Hall–Kier alpha value is -1.62. The fourth-order valence-electron chi connectivity index (χ4n) is 1.75. The average Bonchev–Trinajstić information content (AvgIpc) is 2.45. The minimum atomic E-state index is -0.113. The second kappa shape index (κ2) is 10.2. The van der Waals surface area contributed by atoms with E-state index < -0.39 is 0 Å². The van der Waals surface area contributed by atoms with Gasteiger partial charge in [-0.1, -0.05) is 0 Å². The fraction of sp³-hybridized carbons (Fsp3) is 0.600.